The van der Waals surface area contributed by atoms with Crippen molar-refractivity contribution in [3.05, 3.63) is 88.3 Å². The normalized spacial score (nSPS) is 12.8. The highest BCUT2D eigenvalue weighted by molar-refractivity contribution is 7.91. The predicted octanol–water partition coefficient (Wildman–Crippen LogP) is 4.74. The molecule has 0 fully saturated rings. The second-order valence-corrected chi connectivity index (χ2v) is 8.63. The molecule has 3 aromatic rings. The fourth-order valence-corrected chi connectivity index (χ4v) is 4.63. The van der Waals surface area contributed by atoms with E-state index in [1.165, 1.54) is 12.1 Å². The number of benzene rings is 2. The molecule has 0 amide bonds. The van der Waals surface area contributed by atoms with Crippen LogP contribution in [0.1, 0.15) is 17.4 Å². The first-order chi connectivity index (χ1) is 12.5. The molecule has 0 aliphatic carbocycles. The molecule has 0 unspecified atom stereocenters. The van der Waals surface area contributed by atoms with E-state index in [0.29, 0.717) is 5.02 Å². The highest BCUT2D eigenvalue weighted by atomic mass is 35.5. The van der Waals surface area contributed by atoms with Gasteiger partial charge in [0.05, 0.1) is 28.0 Å². The summed E-state index contributed by atoms with van der Waals surface area (Å²) < 4.78 is 30.7. The van der Waals surface area contributed by atoms with Crippen LogP contribution in [0.25, 0.3) is 0 Å². The van der Waals surface area contributed by atoms with Gasteiger partial charge < -0.3 is 9.73 Å². The Labute approximate surface area is 162 Å². The Balaban J connectivity index is 1.75. The van der Waals surface area contributed by atoms with Crippen LogP contribution in [0.15, 0.2) is 76.2 Å². The number of sulfone groups is 1. The van der Waals surface area contributed by atoms with Gasteiger partial charge in [-0.1, -0.05) is 53.5 Å². The van der Waals surface area contributed by atoms with Crippen LogP contribution < -0.4 is 5.32 Å². The van der Waals surface area contributed by atoms with E-state index in [1.807, 2.05) is 36.4 Å². The molecular formula is C19H17Cl2NO3S. The van der Waals surface area contributed by atoms with Gasteiger partial charge in [0.25, 0.3) is 0 Å². The van der Waals surface area contributed by atoms with Gasteiger partial charge in [-0.15, -0.1) is 0 Å². The lowest BCUT2D eigenvalue weighted by atomic mass is 10.0. The minimum atomic E-state index is -3.57. The quantitative estimate of drug-likeness (QED) is 0.611. The summed E-state index contributed by atoms with van der Waals surface area (Å²) in [4.78, 5) is 0.0442. The second kappa shape index (κ2) is 8.27. The van der Waals surface area contributed by atoms with Gasteiger partial charge >= 0.3 is 0 Å². The van der Waals surface area contributed by atoms with Crippen molar-refractivity contribution in [1.29, 1.82) is 0 Å². The summed E-state index contributed by atoms with van der Waals surface area (Å²) in [5.41, 5.74) is 0.987. The fraction of sp³-hybridized carbons (Fsp3) is 0.158. The van der Waals surface area contributed by atoms with Crippen LogP contribution in [0.5, 0.6) is 0 Å². The lowest BCUT2D eigenvalue weighted by Crippen LogP contribution is -2.28. The van der Waals surface area contributed by atoms with Crippen LogP contribution in [-0.2, 0) is 9.84 Å². The summed E-state index contributed by atoms with van der Waals surface area (Å²) in [6.45, 7) is 0.228. The molecule has 0 saturated heterocycles. The third-order valence-electron chi connectivity index (χ3n) is 3.91. The second-order valence-electron chi connectivity index (χ2n) is 5.71. The number of hydrogen-bond acceptors (Lipinski definition) is 4. The first-order valence-electron chi connectivity index (χ1n) is 7.97. The Bertz CT molecular complexity index is 958. The maximum atomic E-state index is 12.6. The van der Waals surface area contributed by atoms with E-state index in [-0.39, 0.29) is 28.3 Å². The maximum Gasteiger partial charge on any atom is 0.181 e. The van der Waals surface area contributed by atoms with Crippen molar-refractivity contribution in [2.45, 2.75) is 10.9 Å². The van der Waals surface area contributed by atoms with Crippen LogP contribution in [0.3, 0.4) is 0 Å². The molecule has 0 radical (unpaired) electrons. The number of hydrogen-bond donors (Lipinski definition) is 1. The molecule has 2 aromatic carbocycles. The molecule has 136 valence electrons. The minimum absolute atomic E-state index is 0.0442. The van der Waals surface area contributed by atoms with E-state index in [1.54, 1.807) is 18.4 Å². The van der Waals surface area contributed by atoms with Gasteiger partial charge in [0, 0.05) is 11.6 Å². The Morgan fingerprint density at radius 2 is 1.77 bits per heavy atom. The number of halogens is 2. The standard InChI is InChI=1S/C19H17Cl2NO3S/c20-15-8-9-16(21)18(13-15)26(23,24)12-10-22-19(17-7-4-11-25-17)14-5-2-1-3-6-14/h1-9,11,13,19,22H,10,12H2/t19-/m1/s1. The molecule has 0 bridgehead atoms. The molecule has 3 rings (SSSR count). The van der Waals surface area contributed by atoms with Crippen molar-refractivity contribution in [1.82, 2.24) is 5.32 Å². The van der Waals surface area contributed by atoms with Gasteiger partial charge in [0.1, 0.15) is 5.76 Å². The first-order valence-corrected chi connectivity index (χ1v) is 10.4. The van der Waals surface area contributed by atoms with E-state index in [4.69, 9.17) is 27.6 Å². The van der Waals surface area contributed by atoms with Gasteiger partial charge in [-0.05, 0) is 35.9 Å². The summed E-state index contributed by atoms with van der Waals surface area (Å²) in [5.74, 6) is 0.603. The van der Waals surface area contributed by atoms with E-state index in [0.717, 1.165) is 11.3 Å². The Kier molecular flexibility index (Phi) is 6.04. The van der Waals surface area contributed by atoms with Gasteiger partial charge in [0.2, 0.25) is 0 Å². The highest BCUT2D eigenvalue weighted by Crippen LogP contribution is 2.26. The zero-order valence-electron chi connectivity index (χ0n) is 13.7. The minimum Gasteiger partial charge on any atom is -0.467 e. The van der Waals surface area contributed by atoms with E-state index >= 15 is 0 Å². The Morgan fingerprint density at radius 3 is 2.46 bits per heavy atom. The van der Waals surface area contributed by atoms with Crippen LogP contribution in [0, 0.1) is 0 Å². The van der Waals surface area contributed by atoms with E-state index < -0.39 is 9.84 Å². The van der Waals surface area contributed by atoms with Crippen molar-refractivity contribution in [2.24, 2.45) is 0 Å². The smallest absolute Gasteiger partial charge is 0.181 e. The van der Waals surface area contributed by atoms with Crippen molar-refractivity contribution in [3.8, 4) is 0 Å². The van der Waals surface area contributed by atoms with Gasteiger partial charge in [-0.3, -0.25) is 0 Å². The molecule has 0 aliphatic rings. The summed E-state index contributed by atoms with van der Waals surface area (Å²) in [6.07, 6.45) is 1.59. The first kappa shape index (κ1) is 19.0. The summed E-state index contributed by atoms with van der Waals surface area (Å²) in [6, 6.07) is 17.5. The van der Waals surface area contributed by atoms with Gasteiger partial charge in [-0.25, -0.2) is 8.42 Å². The monoisotopic (exact) mass is 409 g/mol. The lowest BCUT2D eigenvalue weighted by molar-refractivity contribution is 0.452. The molecule has 0 aliphatic heterocycles. The Hall–Kier alpha value is -1.79. The molecule has 1 aromatic heterocycles. The topological polar surface area (TPSA) is 59.3 Å². The molecule has 1 heterocycles. The largest absolute Gasteiger partial charge is 0.467 e. The third-order valence-corrected chi connectivity index (χ3v) is 6.33. The molecule has 7 heteroatoms. The van der Waals surface area contributed by atoms with Crippen LogP contribution in [0.4, 0.5) is 0 Å². The molecular weight excluding hydrogens is 393 g/mol. The van der Waals surface area contributed by atoms with E-state index in [9.17, 15) is 8.42 Å². The summed E-state index contributed by atoms with van der Waals surface area (Å²) in [7, 11) is -3.57. The molecule has 1 N–H and O–H groups in total. The Morgan fingerprint density at radius 1 is 1.00 bits per heavy atom. The van der Waals surface area contributed by atoms with Crippen LogP contribution in [-0.4, -0.2) is 20.7 Å². The van der Waals surface area contributed by atoms with Crippen molar-refractivity contribution < 1.29 is 12.8 Å². The van der Waals surface area contributed by atoms with Crippen molar-refractivity contribution in [2.75, 3.05) is 12.3 Å². The molecule has 26 heavy (non-hydrogen) atoms. The average Bonchev–Trinajstić information content (AvgIpc) is 3.16. The SMILES string of the molecule is O=S(=O)(CCN[C@H](c1ccccc1)c1ccco1)c1cc(Cl)ccc1Cl. The average molecular weight is 410 g/mol. The zero-order valence-corrected chi connectivity index (χ0v) is 16.1. The van der Waals surface area contributed by atoms with Crippen LogP contribution in [0.2, 0.25) is 10.0 Å². The summed E-state index contributed by atoms with van der Waals surface area (Å²) in [5, 5.41) is 3.75. The third kappa shape index (κ3) is 4.48. The van der Waals surface area contributed by atoms with Crippen molar-refractivity contribution in [3.63, 3.8) is 0 Å². The number of furan rings is 1. The van der Waals surface area contributed by atoms with Crippen LogP contribution >= 0.6 is 23.2 Å². The molecule has 0 spiro atoms. The van der Waals surface area contributed by atoms with Gasteiger partial charge in [0.15, 0.2) is 9.84 Å². The molecule has 4 nitrogen and oxygen atoms in total. The zero-order chi connectivity index (χ0) is 18.6. The summed E-state index contributed by atoms with van der Waals surface area (Å²) >= 11 is 11.9. The fourth-order valence-electron chi connectivity index (χ4n) is 2.65. The highest BCUT2D eigenvalue weighted by Gasteiger charge is 2.21. The lowest BCUT2D eigenvalue weighted by Gasteiger charge is -2.17. The maximum absolute atomic E-state index is 12.6. The number of rotatable bonds is 7. The number of nitrogens with one attached hydrogen (secondary N) is 1. The van der Waals surface area contributed by atoms with E-state index in [2.05, 4.69) is 5.32 Å². The predicted molar refractivity (Wildman–Crippen MR) is 104 cm³/mol. The molecule has 1 atom stereocenters. The van der Waals surface area contributed by atoms with Crippen molar-refractivity contribution >= 4 is 33.0 Å². The van der Waals surface area contributed by atoms with Gasteiger partial charge in [-0.2, -0.15) is 0 Å². The molecule has 0 saturated carbocycles.